The van der Waals surface area contributed by atoms with Crippen LogP contribution in [-0.2, 0) is 17.4 Å². The van der Waals surface area contributed by atoms with E-state index in [0.29, 0.717) is 12.3 Å². The molecule has 1 aromatic rings. The van der Waals surface area contributed by atoms with Crippen molar-refractivity contribution in [2.24, 2.45) is 11.8 Å². The monoisotopic (exact) mass is 328 g/mol. The molecule has 2 N–H and O–H groups in total. The summed E-state index contributed by atoms with van der Waals surface area (Å²) in [7, 11) is 0. The normalized spacial score (nSPS) is 23.3. The number of nitrogens with one attached hydrogen (secondary N) is 2. The molecule has 128 valence electrons. The van der Waals surface area contributed by atoms with E-state index in [9.17, 15) is 18.0 Å². The highest BCUT2D eigenvalue weighted by Gasteiger charge is 2.30. The van der Waals surface area contributed by atoms with Crippen LogP contribution in [0.2, 0.25) is 0 Å². The Balaban J connectivity index is 1.90. The van der Waals surface area contributed by atoms with E-state index in [1.165, 1.54) is 12.1 Å². The maximum Gasteiger partial charge on any atom is 0.416 e. The summed E-state index contributed by atoms with van der Waals surface area (Å²) >= 11 is 0. The van der Waals surface area contributed by atoms with Gasteiger partial charge in [-0.1, -0.05) is 26.0 Å². The molecule has 3 nitrogen and oxygen atoms in total. The van der Waals surface area contributed by atoms with Crippen molar-refractivity contribution in [2.75, 3.05) is 13.1 Å². The minimum absolute atomic E-state index is 0.0383. The van der Waals surface area contributed by atoms with Crippen LogP contribution in [0.3, 0.4) is 0 Å². The predicted octanol–water partition coefficient (Wildman–Crippen LogP) is 3.00. The molecule has 1 amide bonds. The molecular weight excluding hydrogens is 305 g/mol. The summed E-state index contributed by atoms with van der Waals surface area (Å²) in [6.45, 7) is 5.68. The van der Waals surface area contributed by atoms with Gasteiger partial charge in [0, 0.05) is 12.0 Å². The van der Waals surface area contributed by atoms with E-state index in [0.717, 1.165) is 37.2 Å². The van der Waals surface area contributed by atoms with Crippen molar-refractivity contribution in [3.63, 3.8) is 0 Å². The lowest BCUT2D eigenvalue weighted by atomic mass is 9.93. The second-order valence-electron chi connectivity index (χ2n) is 6.39. The van der Waals surface area contributed by atoms with Crippen molar-refractivity contribution in [3.05, 3.63) is 35.4 Å². The molecule has 6 heteroatoms. The molecule has 1 aliphatic heterocycles. The SMILES string of the molecule is CC(Cc1ccc(C(F)(F)F)cc1)C(=O)NC1CCNCC1C. The highest BCUT2D eigenvalue weighted by Crippen LogP contribution is 2.29. The molecule has 3 unspecified atom stereocenters. The first-order valence-electron chi connectivity index (χ1n) is 7.94. The Labute approximate surface area is 134 Å². The second-order valence-corrected chi connectivity index (χ2v) is 6.39. The quantitative estimate of drug-likeness (QED) is 0.892. The van der Waals surface area contributed by atoms with E-state index in [-0.39, 0.29) is 17.9 Å². The van der Waals surface area contributed by atoms with Gasteiger partial charge in [-0.05, 0) is 49.5 Å². The van der Waals surface area contributed by atoms with Crippen molar-refractivity contribution in [2.45, 2.75) is 38.9 Å². The molecule has 0 aliphatic carbocycles. The fraction of sp³-hybridized carbons (Fsp3) is 0.588. The Hall–Kier alpha value is -1.56. The summed E-state index contributed by atoms with van der Waals surface area (Å²) in [4.78, 5) is 12.3. The molecule has 0 aromatic heterocycles. The van der Waals surface area contributed by atoms with Gasteiger partial charge in [-0.2, -0.15) is 13.2 Å². The van der Waals surface area contributed by atoms with Crippen LogP contribution in [0.5, 0.6) is 0 Å². The van der Waals surface area contributed by atoms with Gasteiger partial charge in [-0.15, -0.1) is 0 Å². The van der Waals surface area contributed by atoms with Crippen molar-refractivity contribution in [1.29, 1.82) is 0 Å². The van der Waals surface area contributed by atoms with Gasteiger partial charge in [0.05, 0.1) is 5.56 Å². The van der Waals surface area contributed by atoms with Crippen molar-refractivity contribution in [1.82, 2.24) is 10.6 Å². The number of hydrogen-bond donors (Lipinski definition) is 2. The maximum absolute atomic E-state index is 12.5. The van der Waals surface area contributed by atoms with E-state index in [2.05, 4.69) is 17.6 Å². The third kappa shape index (κ3) is 4.96. The zero-order valence-electron chi connectivity index (χ0n) is 13.4. The first-order chi connectivity index (χ1) is 10.8. The molecule has 0 bridgehead atoms. The highest BCUT2D eigenvalue weighted by molar-refractivity contribution is 5.79. The lowest BCUT2D eigenvalue weighted by Crippen LogP contribution is -2.49. The van der Waals surface area contributed by atoms with E-state index in [4.69, 9.17) is 0 Å². The molecule has 1 saturated heterocycles. The van der Waals surface area contributed by atoms with Gasteiger partial charge in [-0.25, -0.2) is 0 Å². The van der Waals surface area contributed by atoms with E-state index < -0.39 is 11.7 Å². The zero-order chi connectivity index (χ0) is 17.0. The highest BCUT2D eigenvalue weighted by atomic mass is 19.4. The molecule has 1 heterocycles. The Morgan fingerprint density at radius 3 is 2.57 bits per heavy atom. The van der Waals surface area contributed by atoms with Crippen LogP contribution >= 0.6 is 0 Å². The third-order valence-electron chi connectivity index (χ3n) is 4.38. The molecule has 2 rings (SSSR count). The molecule has 1 aliphatic rings. The van der Waals surface area contributed by atoms with Gasteiger partial charge < -0.3 is 10.6 Å². The van der Waals surface area contributed by atoms with Crippen LogP contribution in [-0.4, -0.2) is 25.0 Å². The summed E-state index contributed by atoms with van der Waals surface area (Å²) in [5.41, 5.74) is 0.0703. The van der Waals surface area contributed by atoms with Crippen LogP contribution in [0, 0.1) is 11.8 Å². The molecular formula is C17H23F3N2O. The largest absolute Gasteiger partial charge is 0.416 e. The lowest BCUT2D eigenvalue weighted by molar-refractivity contribution is -0.137. The minimum Gasteiger partial charge on any atom is -0.353 e. The van der Waals surface area contributed by atoms with Crippen LogP contribution in [0.1, 0.15) is 31.4 Å². The molecule has 1 fully saturated rings. The standard InChI is InChI=1S/C17H23F3N2O/c1-11(16(23)22-15-7-8-21-10-12(15)2)9-13-3-5-14(6-4-13)17(18,19)20/h3-6,11-12,15,21H,7-10H2,1-2H3,(H,22,23). The van der Waals surface area contributed by atoms with E-state index >= 15 is 0 Å². The van der Waals surface area contributed by atoms with Crippen molar-refractivity contribution < 1.29 is 18.0 Å². The first-order valence-corrected chi connectivity index (χ1v) is 7.94. The summed E-state index contributed by atoms with van der Waals surface area (Å²) in [6, 6.07) is 5.18. The maximum atomic E-state index is 12.5. The van der Waals surface area contributed by atoms with Crippen LogP contribution in [0.15, 0.2) is 24.3 Å². The summed E-state index contributed by atoms with van der Waals surface area (Å²) in [5.74, 6) is 0.0726. The first kappa shape index (κ1) is 17.8. The van der Waals surface area contributed by atoms with Gasteiger partial charge in [-0.3, -0.25) is 4.79 Å². The number of carbonyl (C=O) groups excluding carboxylic acids is 1. The van der Waals surface area contributed by atoms with Gasteiger partial charge in [0.1, 0.15) is 0 Å². The smallest absolute Gasteiger partial charge is 0.353 e. The van der Waals surface area contributed by atoms with Gasteiger partial charge in [0.15, 0.2) is 0 Å². The number of halogens is 3. The predicted molar refractivity (Wildman–Crippen MR) is 82.9 cm³/mol. The van der Waals surface area contributed by atoms with Crippen LogP contribution in [0.4, 0.5) is 13.2 Å². The number of alkyl halides is 3. The third-order valence-corrected chi connectivity index (χ3v) is 4.38. The number of benzene rings is 1. The summed E-state index contributed by atoms with van der Waals surface area (Å²) < 4.78 is 37.6. The molecule has 0 spiro atoms. The number of amides is 1. The molecule has 23 heavy (non-hydrogen) atoms. The van der Waals surface area contributed by atoms with E-state index in [1.54, 1.807) is 6.92 Å². The molecule has 0 saturated carbocycles. The average Bonchev–Trinajstić information content (AvgIpc) is 2.49. The number of rotatable bonds is 4. The summed E-state index contributed by atoms with van der Waals surface area (Å²) in [6.07, 6.45) is -2.99. The van der Waals surface area contributed by atoms with E-state index in [1.807, 2.05) is 0 Å². The summed E-state index contributed by atoms with van der Waals surface area (Å²) in [5, 5.41) is 6.35. The zero-order valence-corrected chi connectivity index (χ0v) is 13.4. The second kappa shape index (κ2) is 7.34. The van der Waals surface area contributed by atoms with Gasteiger partial charge >= 0.3 is 6.18 Å². The molecule has 3 atom stereocenters. The minimum atomic E-state index is -4.33. The molecule has 1 aromatic carbocycles. The average molecular weight is 328 g/mol. The lowest BCUT2D eigenvalue weighted by Gasteiger charge is -2.31. The number of carbonyl (C=O) groups is 1. The fourth-order valence-electron chi connectivity index (χ4n) is 2.83. The Morgan fingerprint density at radius 1 is 1.35 bits per heavy atom. The van der Waals surface area contributed by atoms with Crippen LogP contribution in [0.25, 0.3) is 0 Å². The van der Waals surface area contributed by atoms with Crippen molar-refractivity contribution >= 4 is 5.91 Å². The van der Waals surface area contributed by atoms with Gasteiger partial charge in [0.25, 0.3) is 0 Å². The molecule has 0 radical (unpaired) electrons. The Morgan fingerprint density at radius 2 is 2.00 bits per heavy atom. The Bertz CT molecular complexity index is 528. The number of piperidine rings is 1. The fourth-order valence-corrected chi connectivity index (χ4v) is 2.83. The topological polar surface area (TPSA) is 41.1 Å². The number of hydrogen-bond acceptors (Lipinski definition) is 2. The van der Waals surface area contributed by atoms with Crippen molar-refractivity contribution in [3.8, 4) is 0 Å². The van der Waals surface area contributed by atoms with Gasteiger partial charge in [0.2, 0.25) is 5.91 Å². The van der Waals surface area contributed by atoms with Crippen LogP contribution < -0.4 is 10.6 Å². The Kier molecular flexibility index (Phi) is 5.68.